The number of guanidine groups is 1. The smallest absolute Gasteiger partial charge is 0.253 e. The highest BCUT2D eigenvalue weighted by Gasteiger charge is 2.26. The Morgan fingerprint density at radius 2 is 1.97 bits per heavy atom. The Kier molecular flexibility index (Phi) is 6.12. The van der Waals surface area contributed by atoms with Gasteiger partial charge in [0, 0.05) is 51.4 Å². The number of likely N-dealkylation sites (tertiary alicyclic amines) is 1. The number of nitrogens with zero attached hydrogens (tertiary/aromatic N) is 6. The van der Waals surface area contributed by atoms with Gasteiger partial charge in [-0.1, -0.05) is 11.2 Å². The molecule has 4 rings (SSSR count). The van der Waals surface area contributed by atoms with Crippen molar-refractivity contribution in [3.05, 3.63) is 59.2 Å². The molecule has 1 aliphatic heterocycles. The van der Waals surface area contributed by atoms with Crippen molar-refractivity contribution >= 4 is 22.9 Å². The van der Waals surface area contributed by atoms with Crippen molar-refractivity contribution < 1.29 is 18.8 Å². The minimum Gasteiger partial charge on any atom is -0.408 e. The fraction of sp³-hybridized carbons (Fsp3) is 0.364. The molecule has 1 saturated heterocycles. The maximum atomic E-state index is 15.0. The lowest BCUT2D eigenvalue weighted by atomic mass is 10.0. The van der Waals surface area contributed by atoms with E-state index in [0.29, 0.717) is 42.8 Å². The Balaban J connectivity index is 1.61. The number of benzene rings is 1. The molecule has 0 spiro atoms. The van der Waals surface area contributed by atoms with Crippen LogP contribution in [0.2, 0.25) is 0 Å². The second-order valence-corrected chi connectivity index (χ2v) is 8.26. The second kappa shape index (κ2) is 9.00. The maximum absolute atomic E-state index is 15.0. The molecule has 1 aromatic carbocycles. The van der Waals surface area contributed by atoms with E-state index in [1.165, 1.54) is 29.6 Å². The largest absolute Gasteiger partial charge is 0.408 e. The second-order valence-electron chi connectivity index (χ2n) is 8.26. The van der Waals surface area contributed by atoms with Crippen molar-refractivity contribution in [1.29, 1.82) is 0 Å². The summed E-state index contributed by atoms with van der Waals surface area (Å²) in [6, 6.07) is 4.25. The normalized spacial score (nSPS) is 15.3. The summed E-state index contributed by atoms with van der Waals surface area (Å²) in [5, 5.41) is 12.1. The first kappa shape index (κ1) is 22.4. The third kappa shape index (κ3) is 4.30. The number of carbonyl (C=O) groups excluding carboxylic acids is 1. The van der Waals surface area contributed by atoms with E-state index < -0.39 is 11.6 Å². The number of hydrogen-bond acceptors (Lipinski definition) is 5. The van der Waals surface area contributed by atoms with Crippen LogP contribution >= 0.6 is 0 Å². The summed E-state index contributed by atoms with van der Waals surface area (Å²) in [7, 11) is 3.19. The van der Waals surface area contributed by atoms with E-state index in [1.807, 2.05) is 0 Å². The van der Waals surface area contributed by atoms with Crippen molar-refractivity contribution in [2.24, 2.45) is 10.9 Å². The zero-order chi connectivity index (χ0) is 23.7. The lowest BCUT2D eigenvalue weighted by Gasteiger charge is -2.32. The summed E-state index contributed by atoms with van der Waals surface area (Å²) in [5.74, 6) is -1.27. The molecule has 1 fully saturated rings. The van der Waals surface area contributed by atoms with Crippen LogP contribution in [0.25, 0.3) is 11.0 Å². The third-order valence-corrected chi connectivity index (χ3v) is 5.99. The van der Waals surface area contributed by atoms with Crippen LogP contribution in [0.3, 0.4) is 0 Å². The minimum atomic E-state index is -0.551. The lowest BCUT2D eigenvalue weighted by molar-refractivity contribution is 0.0827. The predicted molar refractivity (Wildman–Crippen MR) is 118 cm³/mol. The topological polar surface area (TPSA) is 113 Å². The van der Waals surface area contributed by atoms with Crippen LogP contribution in [0.4, 0.5) is 8.78 Å². The van der Waals surface area contributed by atoms with Gasteiger partial charge in [0.1, 0.15) is 17.8 Å². The number of amides is 1. The Morgan fingerprint density at radius 3 is 2.61 bits per heavy atom. The van der Waals surface area contributed by atoms with Gasteiger partial charge in [0.05, 0.1) is 11.1 Å². The molecule has 3 N–H and O–H groups in total. The van der Waals surface area contributed by atoms with Crippen molar-refractivity contribution in [3.8, 4) is 0 Å². The van der Waals surface area contributed by atoms with Crippen LogP contribution in [0.15, 0.2) is 35.9 Å². The van der Waals surface area contributed by atoms with E-state index in [2.05, 4.69) is 15.1 Å². The maximum Gasteiger partial charge on any atom is 0.253 e. The highest BCUT2D eigenvalue weighted by molar-refractivity contribution is 5.94. The number of nitrogens with two attached hydrogens (primary N) is 1. The van der Waals surface area contributed by atoms with Gasteiger partial charge in [0.15, 0.2) is 5.82 Å². The van der Waals surface area contributed by atoms with Crippen molar-refractivity contribution in [1.82, 2.24) is 24.3 Å². The molecule has 9 nitrogen and oxygen atoms in total. The molecule has 11 heteroatoms. The van der Waals surface area contributed by atoms with Gasteiger partial charge in [-0.05, 0) is 30.5 Å². The summed E-state index contributed by atoms with van der Waals surface area (Å²) in [4.78, 5) is 23.7. The highest BCUT2D eigenvalue weighted by atomic mass is 19.1. The van der Waals surface area contributed by atoms with Crippen LogP contribution in [-0.4, -0.2) is 68.6 Å². The minimum absolute atomic E-state index is 0.0180. The predicted octanol–water partition coefficient (Wildman–Crippen LogP) is 2.34. The molecule has 0 unspecified atom stereocenters. The van der Waals surface area contributed by atoms with E-state index in [0.717, 1.165) is 0 Å². The van der Waals surface area contributed by atoms with E-state index >= 15 is 4.39 Å². The number of aromatic nitrogens is 3. The van der Waals surface area contributed by atoms with Gasteiger partial charge in [0.2, 0.25) is 5.96 Å². The van der Waals surface area contributed by atoms with Gasteiger partial charge < -0.3 is 25.3 Å². The van der Waals surface area contributed by atoms with Crippen molar-refractivity contribution in [3.63, 3.8) is 0 Å². The molecule has 3 heterocycles. The first-order valence-corrected chi connectivity index (χ1v) is 10.5. The number of hydrogen-bond donors (Lipinski definition) is 2. The van der Waals surface area contributed by atoms with Gasteiger partial charge in [-0.2, -0.15) is 0 Å². The molecule has 2 aromatic heterocycles. The Labute approximate surface area is 189 Å². The lowest BCUT2D eigenvalue weighted by Crippen LogP contribution is -2.43. The van der Waals surface area contributed by atoms with E-state index in [9.17, 15) is 9.18 Å². The van der Waals surface area contributed by atoms with Crippen LogP contribution in [0, 0.1) is 11.6 Å². The van der Waals surface area contributed by atoms with Crippen molar-refractivity contribution in [2.75, 3.05) is 27.2 Å². The standard InChI is InChI=1S/C22H25F2N7O2/c1-29(2)21(32)14-4-3-13(16(23)9-14)10-18-19-17(24)11-31(20(19)27-12-26-18)15-5-7-30(8-6-15)22(25)28-33/h3-4,9,11-12,15,33H,5-8,10H2,1-2H3,(H2,25,28). The monoisotopic (exact) mass is 457 g/mol. The summed E-state index contributed by atoms with van der Waals surface area (Å²) in [5.41, 5.74) is 7.02. The molecular weight excluding hydrogens is 432 g/mol. The van der Waals surface area contributed by atoms with Crippen LogP contribution in [0.5, 0.6) is 0 Å². The molecule has 1 aliphatic rings. The first-order valence-electron chi connectivity index (χ1n) is 10.5. The fourth-order valence-electron chi connectivity index (χ4n) is 4.21. The van der Waals surface area contributed by atoms with Gasteiger partial charge in [-0.3, -0.25) is 4.79 Å². The number of halogens is 2. The van der Waals surface area contributed by atoms with Crippen LogP contribution in [-0.2, 0) is 6.42 Å². The zero-order valence-electron chi connectivity index (χ0n) is 18.4. The number of fused-ring (bicyclic) bond motifs is 1. The Hall–Kier alpha value is -3.76. The van der Waals surface area contributed by atoms with Gasteiger partial charge in [-0.15, -0.1) is 0 Å². The molecule has 0 atom stereocenters. The SMILES string of the molecule is CN(C)C(=O)c1ccc(Cc2ncnc3c2c(F)cn3C2CCN(/C(N)=N/O)CC2)c(F)c1. The quantitative estimate of drug-likeness (QED) is 0.269. The molecule has 1 amide bonds. The summed E-state index contributed by atoms with van der Waals surface area (Å²) >= 11 is 0. The molecular formula is C22H25F2N7O2. The van der Waals surface area contributed by atoms with Crippen LogP contribution in [0.1, 0.15) is 40.5 Å². The first-order chi connectivity index (χ1) is 15.8. The molecule has 0 aliphatic carbocycles. The third-order valence-electron chi connectivity index (χ3n) is 5.99. The fourth-order valence-corrected chi connectivity index (χ4v) is 4.21. The van der Waals surface area contributed by atoms with Crippen LogP contribution < -0.4 is 5.73 Å². The van der Waals surface area contributed by atoms with Gasteiger partial charge in [-0.25, -0.2) is 18.7 Å². The van der Waals surface area contributed by atoms with E-state index in [4.69, 9.17) is 10.9 Å². The number of rotatable bonds is 4. The van der Waals surface area contributed by atoms with Crippen molar-refractivity contribution in [2.45, 2.75) is 25.3 Å². The highest BCUT2D eigenvalue weighted by Crippen LogP contribution is 2.30. The average Bonchev–Trinajstić information content (AvgIpc) is 3.16. The molecule has 3 aromatic rings. The molecule has 33 heavy (non-hydrogen) atoms. The summed E-state index contributed by atoms with van der Waals surface area (Å²) in [6.45, 7) is 1.12. The van der Waals surface area contributed by atoms with Gasteiger partial charge >= 0.3 is 0 Å². The Bertz CT molecular complexity index is 1220. The summed E-state index contributed by atoms with van der Waals surface area (Å²) in [6.07, 6.45) is 4.14. The molecule has 0 saturated carbocycles. The molecule has 174 valence electrons. The van der Waals surface area contributed by atoms with Gasteiger partial charge in [0.25, 0.3) is 5.91 Å². The van der Waals surface area contributed by atoms with E-state index in [1.54, 1.807) is 29.6 Å². The zero-order valence-corrected chi connectivity index (χ0v) is 18.4. The molecule has 0 radical (unpaired) electrons. The average molecular weight is 457 g/mol. The summed E-state index contributed by atoms with van der Waals surface area (Å²) < 4.78 is 31.5. The number of carbonyl (C=O) groups is 1. The number of oxime groups is 1. The Morgan fingerprint density at radius 1 is 1.24 bits per heavy atom. The molecule has 0 bridgehead atoms. The van der Waals surface area contributed by atoms with E-state index in [-0.39, 0.29) is 35.3 Å². The number of piperidine rings is 1.